The average Bonchev–Trinajstić information content (AvgIpc) is 2.40. The number of alkyl halides is 1. The van der Waals surface area contributed by atoms with Gasteiger partial charge in [0.05, 0.1) is 0 Å². The molecule has 0 aromatic heterocycles. The van der Waals surface area contributed by atoms with Crippen LogP contribution in [0.1, 0.15) is 5.56 Å². The highest BCUT2D eigenvalue weighted by atomic mass is 35.5. The van der Waals surface area contributed by atoms with E-state index in [0.29, 0.717) is 5.88 Å². The minimum absolute atomic E-state index is 0.0410. The molecule has 2 heteroatoms. The summed E-state index contributed by atoms with van der Waals surface area (Å²) in [6.07, 6.45) is 0.832. The first-order valence-corrected chi connectivity index (χ1v) is 6.29. The first kappa shape index (κ1) is 12.2. The van der Waals surface area contributed by atoms with Crippen molar-refractivity contribution in [3.8, 4) is 11.1 Å². The fourth-order valence-electron chi connectivity index (χ4n) is 1.82. The predicted molar refractivity (Wildman–Crippen MR) is 74.3 cm³/mol. The van der Waals surface area contributed by atoms with Gasteiger partial charge in [-0.25, -0.2) is 0 Å². The van der Waals surface area contributed by atoms with Crippen molar-refractivity contribution < 1.29 is 0 Å². The van der Waals surface area contributed by atoms with Gasteiger partial charge in [-0.3, -0.25) is 0 Å². The van der Waals surface area contributed by atoms with Gasteiger partial charge in [0.2, 0.25) is 0 Å². The number of rotatable bonds is 4. The molecule has 0 saturated heterocycles. The fraction of sp³-hybridized carbons (Fsp3) is 0.200. The molecule has 0 aliphatic heterocycles. The van der Waals surface area contributed by atoms with E-state index in [9.17, 15) is 0 Å². The van der Waals surface area contributed by atoms with Gasteiger partial charge in [-0.05, 0) is 23.1 Å². The second kappa shape index (κ2) is 5.85. The Bertz CT molecular complexity index is 450. The molecular formula is C15H16ClN. The van der Waals surface area contributed by atoms with Gasteiger partial charge in [0, 0.05) is 11.9 Å². The maximum Gasteiger partial charge on any atom is 0.0378 e. The molecular weight excluding hydrogens is 230 g/mol. The van der Waals surface area contributed by atoms with E-state index in [1.165, 1.54) is 16.7 Å². The molecule has 0 saturated carbocycles. The van der Waals surface area contributed by atoms with Gasteiger partial charge in [0.15, 0.2) is 0 Å². The van der Waals surface area contributed by atoms with Crippen LogP contribution in [0.4, 0.5) is 0 Å². The third-order valence-electron chi connectivity index (χ3n) is 2.76. The molecule has 0 aliphatic rings. The van der Waals surface area contributed by atoms with E-state index in [4.69, 9.17) is 17.3 Å². The molecule has 2 rings (SSSR count). The number of hydrogen-bond acceptors (Lipinski definition) is 1. The van der Waals surface area contributed by atoms with E-state index in [1.54, 1.807) is 0 Å². The SMILES string of the molecule is N[C@@H](CCl)Cc1ccc(-c2ccccc2)cc1. The quantitative estimate of drug-likeness (QED) is 0.821. The highest BCUT2D eigenvalue weighted by Gasteiger charge is 2.02. The Balaban J connectivity index is 2.13. The summed E-state index contributed by atoms with van der Waals surface area (Å²) in [7, 11) is 0. The molecule has 0 fully saturated rings. The monoisotopic (exact) mass is 245 g/mol. The van der Waals surface area contributed by atoms with Crippen molar-refractivity contribution in [1.82, 2.24) is 0 Å². The van der Waals surface area contributed by atoms with Crippen molar-refractivity contribution >= 4 is 11.6 Å². The Morgan fingerprint density at radius 3 is 2.06 bits per heavy atom. The third kappa shape index (κ3) is 3.32. The van der Waals surface area contributed by atoms with Crippen molar-refractivity contribution in [2.75, 3.05) is 5.88 Å². The predicted octanol–water partition coefficient (Wildman–Crippen LogP) is 3.46. The summed E-state index contributed by atoms with van der Waals surface area (Å²) in [6.45, 7) is 0. The standard InChI is InChI=1S/C15H16ClN/c16-11-15(17)10-12-6-8-14(9-7-12)13-4-2-1-3-5-13/h1-9,15H,10-11,17H2/t15-/m1/s1. The van der Waals surface area contributed by atoms with Crippen molar-refractivity contribution in [3.05, 3.63) is 60.2 Å². The lowest BCUT2D eigenvalue weighted by atomic mass is 10.0. The molecule has 2 aromatic carbocycles. The summed E-state index contributed by atoms with van der Waals surface area (Å²) in [5.74, 6) is 0.500. The second-order valence-corrected chi connectivity index (χ2v) is 4.49. The van der Waals surface area contributed by atoms with E-state index in [0.717, 1.165) is 6.42 Å². The van der Waals surface area contributed by atoms with Crippen LogP contribution in [0, 0.1) is 0 Å². The lowest BCUT2D eigenvalue weighted by Gasteiger charge is -2.08. The number of nitrogens with two attached hydrogens (primary N) is 1. The molecule has 0 aliphatic carbocycles. The Morgan fingerprint density at radius 2 is 1.47 bits per heavy atom. The maximum atomic E-state index is 5.82. The van der Waals surface area contributed by atoms with Gasteiger partial charge in [0.25, 0.3) is 0 Å². The molecule has 0 radical (unpaired) electrons. The summed E-state index contributed by atoms with van der Waals surface area (Å²) >= 11 is 5.70. The highest BCUT2D eigenvalue weighted by Crippen LogP contribution is 2.19. The number of hydrogen-bond donors (Lipinski definition) is 1. The maximum absolute atomic E-state index is 5.82. The van der Waals surface area contributed by atoms with Gasteiger partial charge in [-0.2, -0.15) is 0 Å². The van der Waals surface area contributed by atoms with Gasteiger partial charge in [-0.1, -0.05) is 54.6 Å². The van der Waals surface area contributed by atoms with Crippen LogP contribution in [-0.2, 0) is 6.42 Å². The summed E-state index contributed by atoms with van der Waals surface area (Å²) < 4.78 is 0. The van der Waals surface area contributed by atoms with Gasteiger partial charge in [-0.15, -0.1) is 11.6 Å². The van der Waals surface area contributed by atoms with Crippen molar-refractivity contribution in [2.45, 2.75) is 12.5 Å². The fourth-order valence-corrected chi connectivity index (χ4v) is 1.93. The minimum atomic E-state index is 0.0410. The van der Waals surface area contributed by atoms with Crippen LogP contribution < -0.4 is 5.73 Å². The zero-order chi connectivity index (χ0) is 12.1. The largest absolute Gasteiger partial charge is 0.326 e. The van der Waals surface area contributed by atoms with Crippen LogP contribution in [0.5, 0.6) is 0 Å². The summed E-state index contributed by atoms with van der Waals surface area (Å²) in [5, 5.41) is 0. The van der Waals surface area contributed by atoms with Crippen LogP contribution >= 0.6 is 11.6 Å². The normalized spacial score (nSPS) is 12.4. The molecule has 0 unspecified atom stereocenters. The Kier molecular flexibility index (Phi) is 4.18. The molecule has 0 heterocycles. The van der Waals surface area contributed by atoms with Crippen molar-refractivity contribution in [1.29, 1.82) is 0 Å². The molecule has 0 spiro atoms. The van der Waals surface area contributed by atoms with Gasteiger partial charge >= 0.3 is 0 Å². The van der Waals surface area contributed by atoms with E-state index in [-0.39, 0.29) is 6.04 Å². The third-order valence-corrected chi connectivity index (χ3v) is 3.15. The lowest BCUT2D eigenvalue weighted by Crippen LogP contribution is -2.24. The highest BCUT2D eigenvalue weighted by molar-refractivity contribution is 6.18. The number of benzene rings is 2. The average molecular weight is 246 g/mol. The zero-order valence-corrected chi connectivity index (χ0v) is 10.4. The summed E-state index contributed by atoms with van der Waals surface area (Å²) in [6, 6.07) is 18.9. The second-order valence-electron chi connectivity index (χ2n) is 4.18. The molecule has 1 atom stereocenters. The topological polar surface area (TPSA) is 26.0 Å². The van der Waals surface area contributed by atoms with E-state index in [2.05, 4.69) is 36.4 Å². The molecule has 0 bridgehead atoms. The smallest absolute Gasteiger partial charge is 0.0378 e. The first-order chi connectivity index (χ1) is 8.29. The van der Waals surface area contributed by atoms with E-state index in [1.807, 2.05) is 18.2 Å². The Labute approximate surface area is 107 Å². The first-order valence-electron chi connectivity index (χ1n) is 5.75. The van der Waals surface area contributed by atoms with Crippen LogP contribution in [0.2, 0.25) is 0 Å². The molecule has 0 amide bonds. The van der Waals surface area contributed by atoms with Crippen LogP contribution in [-0.4, -0.2) is 11.9 Å². The Hall–Kier alpha value is -1.31. The van der Waals surface area contributed by atoms with Crippen LogP contribution in [0.3, 0.4) is 0 Å². The summed E-state index contributed by atoms with van der Waals surface area (Å²) in [5.41, 5.74) is 9.52. The molecule has 2 N–H and O–H groups in total. The molecule has 2 aromatic rings. The van der Waals surface area contributed by atoms with Gasteiger partial charge in [0.1, 0.15) is 0 Å². The van der Waals surface area contributed by atoms with Crippen LogP contribution in [0.25, 0.3) is 11.1 Å². The molecule has 1 nitrogen and oxygen atoms in total. The minimum Gasteiger partial charge on any atom is -0.326 e. The lowest BCUT2D eigenvalue weighted by molar-refractivity contribution is 0.745. The van der Waals surface area contributed by atoms with Gasteiger partial charge < -0.3 is 5.73 Å². The zero-order valence-electron chi connectivity index (χ0n) is 9.64. The molecule has 88 valence electrons. The van der Waals surface area contributed by atoms with Crippen LogP contribution in [0.15, 0.2) is 54.6 Å². The Morgan fingerprint density at radius 1 is 0.882 bits per heavy atom. The summed E-state index contributed by atoms with van der Waals surface area (Å²) in [4.78, 5) is 0. The molecule has 17 heavy (non-hydrogen) atoms. The van der Waals surface area contributed by atoms with Crippen molar-refractivity contribution in [2.24, 2.45) is 5.73 Å². The van der Waals surface area contributed by atoms with E-state index >= 15 is 0 Å². The van der Waals surface area contributed by atoms with E-state index < -0.39 is 0 Å². The van der Waals surface area contributed by atoms with Crippen molar-refractivity contribution in [3.63, 3.8) is 0 Å². The number of halogens is 1.